The lowest BCUT2D eigenvalue weighted by atomic mass is 9.86. The fourth-order valence-electron chi connectivity index (χ4n) is 3.66. The molecule has 3 heteroatoms. The Morgan fingerprint density at radius 2 is 2.00 bits per heavy atom. The monoisotopic (exact) mass is 262 g/mol. The Labute approximate surface area is 115 Å². The largest absolute Gasteiger partial charge is 0.369 e. The highest BCUT2D eigenvalue weighted by atomic mass is 19.1. The Hall–Kier alpha value is -1.09. The van der Waals surface area contributed by atoms with Crippen molar-refractivity contribution in [2.45, 2.75) is 26.2 Å². The lowest BCUT2D eigenvalue weighted by Crippen LogP contribution is -2.30. The quantitative estimate of drug-likeness (QED) is 0.808. The molecule has 0 aromatic heterocycles. The maximum atomic E-state index is 14.2. The highest BCUT2D eigenvalue weighted by Gasteiger charge is 2.42. The number of nitrogens with zero attached hydrogens (tertiary/aromatic N) is 2. The summed E-state index contributed by atoms with van der Waals surface area (Å²) >= 11 is 0. The van der Waals surface area contributed by atoms with E-state index in [1.54, 1.807) is 6.07 Å². The van der Waals surface area contributed by atoms with Crippen LogP contribution in [0.5, 0.6) is 0 Å². The lowest BCUT2D eigenvalue weighted by Gasteiger charge is -2.25. The molecule has 0 bridgehead atoms. The number of hydrogen-bond donors (Lipinski definition) is 0. The molecule has 0 aliphatic carbocycles. The second kappa shape index (κ2) is 4.78. The average Bonchev–Trinajstić information content (AvgIpc) is 2.97. The van der Waals surface area contributed by atoms with Gasteiger partial charge in [-0.15, -0.1) is 0 Å². The van der Waals surface area contributed by atoms with E-state index in [4.69, 9.17) is 0 Å². The summed E-state index contributed by atoms with van der Waals surface area (Å²) in [5.74, 6) is -0.0530. The number of rotatable bonds is 2. The minimum absolute atomic E-state index is 0.0530. The molecule has 1 unspecified atom stereocenters. The molecule has 2 aliphatic heterocycles. The van der Waals surface area contributed by atoms with Gasteiger partial charge in [0.05, 0.1) is 5.69 Å². The van der Waals surface area contributed by atoms with Crippen molar-refractivity contribution in [1.29, 1.82) is 0 Å². The van der Waals surface area contributed by atoms with Gasteiger partial charge < -0.3 is 9.80 Å². The number of aryl methyl sites for hydroxylation is 1. The van der Waals surface area contributed by atoms with Gasteiger partial charge in [0.25, 0.3) is 0 Å². The van der Waals surface area contributed by atoms with Gasteiger partial charge in [-0.25, -0.2) is 4.39 Å². The van der Waals surface area contributed by atoms with E-state index in [0.29, 0.717) is 5.41 Å². The molecule has 1 aromatic rings. The van der Waals surface area contributed by atoms with Gasteiger partial charge in [0, 0.05) is 25.0 Å². The van der Waals surface area contributed by atoms with Crippen LogP contribution in [0.4, 0.5) is 10.1 Å². The van der Waals surface area contributed by atoms with E-state index in [0.717, 1.165) is 37.3 Å². The van der Waals surface area contributed by atoms with Gasteiger partial charge >= 0.3 is 0 Å². The Balaban J connectivity index is 1.78. The van der Waals surface area contributed by atoms with Crippen molar-refractivity contribution < 1.29 is 4.39 Å². The second-order valence-electron chi connectivity index (χ2n) is 6.30. The van der Waals surface area contributed by atoms with Crippen LogP contribution in [0.3, 0.4) is 0 Å². The number of halogens is 1. The zero-order valence-electron chi connectivity index (χ0n) is 12.0. The highest BCUT2D eigenvalue weighted by molar-refractivity contribution is 5.50. The average molecular weight is 262 g/mol. The van der Waals surface area contributed by atoms with Gasteiger partial charge in [-0.05, 0) is 50.6 Å². The molecule has 0 N–H and O–H groups in total. The summed E-state index contributed by atoms with van der Waals surface area (Å²) in [7, 11) is 2.19. The second-order valence-corrected chi connectivity index (χ2v) is 6.30. The van der Waals surface area contributed by atoms with Gasteiger partial charge in [-0.1, -0.05) is 13.0 Å². The third-order valence-corrected chi connectivity index (χ3v) is 4.83. The molecule has 1 spiro atoms. The van der Waals surface area contributed by atoms with Crippen molar-refractivity contribution in [3.8, 4) is 0 Å². The zero-order chi connectivity index (χ0) is 13.5. The van der Waals surface area contributed by atoms with E-state index < -0.39 is 0 Å². The van der Waals surface area contributed by atoms with Crippen LogP contribution in [-0.4, -0.2) is 38.1 Å². The first-order valence-electron chi connectivity index (χ1n) is 7.34. The molecule has 2 fully saturated rings. The number of hydrogen-bond acceptors (Lipinski definition) is 2. The number of benzene rings is 1. The van der Waals surface area contributed by atoms with E-state index in [1.165, 1.54) is 19.4 Å². The molecular weight excluding hydrogens is 239 g/mol. The van der Waals surface area contributed by atoms with Crippen molar-refractivity contribution in [3.63, 3.8) is 0 Å². The predicted molar refractivity (Wildman–Crippen MR) is 77.2 cm³/mol. The molecule has 19 heavy (non-hydrogen) atoms. The van der Waals surface area contributed by atoms with E-state index >= 15 is 0 Å². The third-order valence-electron chi connectivity index (χ3n) is 4.83. The van der Waals surface area contributed by atoms with Crippen LogP contribution in [0.25, 0.3) is 0 Å². The summed E-state index contributed by atoms with van der Waals surface area (Å²) in [6.45, 7) is 6.42. The van der Waals surface area contributed by atoms with E-state index in [-0.39, 0.29) is 5.82 Å². The SMILES string of the molecule is CCc1ccc(N2CCC3(CCN(C)C3)C2)c(F)c1. The van der Waals surface area contributed by atoms with Crippen molar-refractivity contribution in [1.82, 2.24) is 4.90 Å². The molecule has 2 saturated heterocycles. The maximum Gasteiger partial charge on any atom is 0.146 e. The Morgan fingerprint density at radius 3 is 2.63 bits per heavy atom. The van der Waals surface area contributed by atoms with Gasteiger partial charge in [-0.2, -0.15) is 0 Å². The molecule has 104 valence electrons. The maximum absolute atomic E-state index is 14.2. The number of likely N-dealkylation sites (tertiary alicyclic amines) is 1. The van der Waals surface area contributed by atoms with Crippen LogP contribution < -0.4 is 4.90 Å². The first-order valence-corrected chi connectivity index (χ1v) is 7.34. The molecule has 0 saturated carbocycles. The summed E-state index contributed by atoms with van der Waals surface area (Å²) in [6, 6.07) is 5.72. The first-order chi connectivity index (χ1) is 9.12. The molecule has 2 nitrogen and oxygen atoms in total. The lowest BCUT2D eigenvalue weighted by molar-refractivity contribution is 0.312. The normalized spacial score (nSPS) is 27.6. The van der Waals surface area contributed by atoms with Crippen LogP contribution in [0.1, 0.15) is 25.3 Å². The molecule has 0 amide bonds. The van der Waals surface area contributed by atoms with Gasteiger partial charge in [0.1, 0.15) is 5.82 Å². The van der Waals surface area contributed by atoms with Gasteiger partial charge in [0.2, 0.25) is 0 Å². The predicted octanol–water partition coefficient (Wildman–Crippen LogP) is 2.92. The Kier molecular flexibility index (Phi) is 3.25. The molecule has 0 radical (unpaired) electrons. The molecule has 2 aliphatic rings. The Morgan fingerprint density at radius 1 is 1.21 bits per heavy atom. The molecular formula is C16H23FN2. The molecule has 1 aromatic carbocycles. The van der Waals surface area contributed by atoms with Crippen LogP contribution in [0.2, 0.25) is 0 Å². The van der Waals surface area contributed by atoms with Crippen molar-refractivity contribution in [3.05, 3.63) is 29.6 Å². The summed E-state index contributed by atoms with van der Waals surface area (Å²) in [5, 5.41) is 0. The van der Waals surface area contributed by atoms with Crippen molar-refractivity contribution >= 4 is 5.69 Å². The summed E-state index contributed by atoms with van der Waals surface area (Å²) in [5.41, 5.74) is 2.28. The minimum Gasteiger partial charge on any atom is -0.369 e. The topological polar surface area (TPSA) is 6.48 Å². The molecule has 1 atom stereocenters. The fraction of sp³-hybridized carbons (Fsp3) is 0.625. The van der Waals surface area contributed by atoms with Crippen LogP contribution in [0, 0.1) is 11.2 Å². The molecule has 2 heterocycles. The smallest absolute Gasteiger partial charge is 0.146 e. The summed E-state index contributed by atoms with van der Waals surface area (Å²) < 4.78 is 14.2. The summed E-state index contributed by atoms with van der Waals surface area (Å²) in [4.78, 5) is 4.65. The van der Waals surface area contributed by atoms with Gasteiger partial charge in [0.15, 0.2) is 0 Å². The van der Waals surface area contributed by atoms with Crippen molar-refractivity contribution in [2.75, 3.05) is 38.1 Å². The molecule has 3 rings (SSSR count). The first kappa shape index (κ1) is 12.9. The standard InChI is InChI=1S/C16H23FN2/c1-3-13-4-5-15(14(17)10-13)19-9-7-16(12-19)6-8-18(2)11-16/h4-5,10H,3,6-9,11-12H2,1-2H3. The van der Waals surface area contributed by atoms with Crippen molar-refractivity contribution in [2.24, 2.45) is 5.41 Å². The highest BCUT2D eigenvalue weighted by Crippen LogP contribution is 2.41. The third kappa shape index (κ3) is 2.36. The van der Waals surface area contributed by atoms with Crippen LogP contribution in [0.15, 0.2) is 18.2 Å². The van der Waals surface area contributed by atoms with Crippen LogP contribution >= 0.6 is 0 Å². The zero-order valence-corrected chi connectivity index (χ0v) is 12.0. The Bertz CT molecular complexity index is 474. The van der Waals surface area contributed by atoms with Gasteiger partial charge in [-0.3, -0.25) is 0 Å². The summed E-state index contributed by atoms with van der Waals surface area (Å²) in [6.07, 6.45) is 3.35. The van der Waals surface area contributed by atoms with E-state index in [9.17, 15) is 4.39 Å². The number of anilines is 1. The van der Waals surface area contributed by atoms with Crippen LogP contribution in [-0.2, 0) is 6.42 Å². The van der Waals surface area contributed by atoms with E-state index in [1.807, 2.05) is 6.07 Å². The van der Waals surface area contributed by atoms with E-state index in [2.05, 4.69) is 29.8 Å². The fourth-order valence-corrected chi connectivity index (χ4v) is 3.66. The minimum atomic E-state index is -0.0530.